The lowest BCUT2D eigenvalue weighted by Gasteiger charge is -2.06. The van der Waals surface area contributed by atoms with E-state index in [-0.39, 0.29) is 5.12 Å². The Balaban J connectivity index is 1.46. The molecule has 0 radical (unpaired) electrons. The van der Waals surface area contributed by atoms with E-state index in [0.717, 1.165) is 40.5 Å². The Morgan fingerprint density at radius 1 is 0.735 bits per heavy atom. The van der Waals surface area contributed by atoms with Gasteiger partial charge >= 0.3 is 0 Å². The van der Waals surface area contributed by atoms with Crippen molar-refractivity contribution in [1.29, 1.82) is 0 Å². The quantitative estimate of drug-likeness (QED) is 0.162. The number of methoxy groups -OCH3 is 1. The zero-order chi connectivity index (χ0) is 24.0. The molecule has 176 valence electrons. The fourth-order valence-corrected chi connectivity index (χ4v) is 4.09. The van der Waals surface area contributed by atoms with Gasteiger partial charge in [-0.1, -0.05) is 50.9 Å². The largest absolute Gasteiger partial charge is 0.497 e. The van der Waals surface area contributed by atoms with E-state index in [0.29, 0.717) is 5.56 Å². The number of unbranched alkanes of at least 4 members (excludes halogenated alkanes) is 5. The van der Waals surface area contributed by atoms with E-state index < -0.39 is 0 Å². The van der Waals surface area contributed by atoms with Gasteiger partial charge in [0, 0.05) is 21.6 Å². The van der Waals surface area contributed by atoms with Crippen LogP contribution >= 0.6 is 11.8 Å². The Morgan fingerprint density at radius 3 is 1.91 bits per heavy atom. The normalized spacial score (nSPS) is 10.3. The number of carbonyl (C=O) groups is 1. The van der Waals surface area contributed by atoms with Crippen LogP contribution in [-0.4, -0.2) is 18.8 Å². The van der Waals surface area contributed by atoms with Crippen LogP contribution in [0.25, 0.3) is 0 Å². The van der Waals surface area contributed by atoms with Crippen molar-refractivity contribution in [3.63, 3.8) is 0 Å². The molecule has 0 atom stereocenters. The van der Waals surface area contributed by atoms with Gasteiger partial charge in [-0.05, 0) is 91.0 Å². The molecule has 34 heavy (non-hydrogen) atoms. The van der Waals surface area contributed by atoms with Crippen LogP contribution in [0.3, 0.4) is 0 Å². The van der Waals surface area contributed by atoms with Crippen LogP contribution in [0.2, 0.25) is 0 Å². The number of rotatable bonds is 11. The van der Waals surface area contributed by atoms with Crippen molar-refractivity contribution in [3.8, 4) is 23.3 Å². The molecule has 0 aliphatic carbocycles. The predicted octanol–water partition coefficient (Wildman–Crippen LogP) is 7.77. The van der Waals surface area contributed by atoms with Crippen molar-refractivity contribution in [2.75, 3.05) is 13.7 Å². The zero-order valence-corrected chi connectivity index (χ0v) is 20.8. The molecule has 0 amide bonds. The summed E-state index contributed by atoms with van der Waals surface area (Å²) in [4.78, 5) is 13.4. The van der Waals surface area contributed by atoms with Gasteiger partial charge in [0.15, 0.2) is 0 Å². The Bertz CT molecular complexity index is 1080. The molecule has 3 rings (SSSR count). The first kappa shape index (κ1) is 25.5. The highest BCUT2D eigenvalue weighted by Gasteiger charge is 2.08. The molecule has 0 N–H and O–H groups in total. The van der Waals surface area contributed by atoms with Gasteiger partial charge in [0.2, 0.25) is 5.12 Å². The van der Waals surface area contributed by atoms with E-state index in [1.807, 2.05) is 72.8 Å². The molecule has 0 saturated carbocycles. The van der Waals surface area contributed by atoms with Gasteiger partial charge < -0.3 is 9.47 Å². The average Bonchev–Trinajstić information content (AvgIpc) is 2.88. The summed E-state index contributed by atoms with van der Waals surface area (Å²) < 4.78 is 11.0. The molecule has 4 heteroatoms. The summed E-state index contributed by atoms with van der Waals surface area (Å²) in [6, 6.07) is 22.8. The summed E-state index contributed by atoms with van der Waals surface area (Å²) in [6.45, 7) is 3.00. The number of hydrogen-bond acceptors (Lipinski definition) is 4. The van der Waals surface area contributed by atoms with Gasteiger partial charge in [-0.25, -0.2) is 0 Å². The van der Waals surface area contributed by atoms with E-state index >= 15 is 0 Å². The minimum atomic E-state index is 0.00113. The Labute approximate surface area is 207 Å². The second kappa shape index (κ2) is 14.2. The molecule has 3 nitrogen and oxygen atoms in total. The molecular weight excluding hydrogens is 440 g/mol. The number of thioether (sulfide) groups is 1. The molecule has 0 unspecified atom stereocenters. The van der Waals surface area contributed by atoms with Gasteiger partial charge in [0.1, 0.15) is 11.5 Å². The average molecular weight is 473 g/mol. The summed E-state index contributed by atoms with van der Waals surface area (Å²) in [5, 5.41) is 0.00113. The summed E-state index contributed by atoms with van der Waals surface area (Å²) in [6.07, 6.45) is 7.56. The van der Waals surface area contributed by atoms with Gasteiger partial charge in [-0.3, -0.25) is 4.79 Å². The first-order valence-electron chi connectivity index (χ1n) is 11.9. The number of carbonyl (C=O) groups excluding carboxylic acids is 1. The fraction of sp³-hybridized carbons (Fsp3) is 0.300. The highest BCUT2D eigenvalue weighted by Crippen LogP contribution is 2.25. The third kappa shape index (κ3) is 8.65. The van der Waals surface area contributed by atoms with Gasteiger partial charge in [-0.15, -0.1) is 0 Å². The topological polar surface area (TPSA) is 35.5 Å². The minimum Gasteiger partial charge on any atom is -0.497 e. The SMILES string of the molecule is CCCCCCCCOc1ccc(C#Cc2ccc(C(=O)Sc3ccc(OC)cc3)cc2)cc1. The third-order valence-electron chi connectivity index (χ3n) is 5.36. The monoisotopic (exact) mass is 472 g/mol. The Kier molecular flexibility index (Phi) is 10.6. The first-order chi connectivity index (χ1) is 16.7. The van der Waals surface area contributed by atoms with Crippen molar-refractivity contribution >= 4 is 16.9 Å². The summed E-state index contributed by atoms with van der Waals surface area (Å²) in [5.74, 6) is 8.00. The molecule has 0 bridgehead atoms. The Hall–Kier alpha value is -3.16. The lowest BCUT2D eigenvalue weighted by Crippen LogP contribution is -1.97. The lowest BCUT2D eigenvalue weighted by atomic mass is 10.1. The van der Waals surface area contributed by atoms with Gasteiger partial charge in [0.25, 0.3) is 0 Å². The molecular formula is C30H32O3S. The highest BCUT2D eigenvalue weighted by atomic mass is 32.2. The maximum Gasteiger partial charge on any atom is 0.224 e. The van der Waals surface area contributed by atoms with Crippen molar-refractivity contribution in [3.05, 3.63) is 89.5 Å². The van der Waals surface area contributed by atoms with E-state index in [2.05, 4.69) is 18.8 Å². The van der Waals surface area contributed by atoms with Crippen LogP contribution in [0.1, 0.15) is 66.9 Å². The molecule has 0 aromatic heterocycles. The maximum atomic E-state index is 12.5. The van der Waals surface area contributed by atoms with E-state index in [4.69, 9.17) is 9.47 Å². The van der Waals surface area contributed by atoms with Crippen LogP contribution in [0.4, 0.5) is 0 Å². The molecule has 0 aliphatic heterocycles. The van der Waals surface area contributed by atoms with Gasteiger partial charge in [-0.2, -0.15) is 0 Å². The Morgan fingerprint density at radius 2 is 1.29 bits per heavy atom. The van der Waals surface area contributed by atoms with Crippen LogP contribution < -0.4 is 9.47 Å². The fourth-order valence-electron chi connectivity index (χ4n) is 3.35. The van der Waals surface area contributed by atoms with Crippen molar-refractivity contribution < 1.29 is 14.3 Å². The molecule has 0 fully saturated rings. The van der Waals surface area contributed by atoms with Crippen LogP contribution in [0.5, 0.6) is 11.5 Å². The smallest absolute Gasteiger partial charge is 0.224 e. The van der Waals surface area contributed by atoms with Crippen LogP contribution in [-0.2, 0) is 0 Å². The number of benzene rings is 3. The molecule has 0 spiro atoms. The summed E-state index contributed by atoms with van der Waals surface area (Å²) in [7, 11) is 1.62. The van der Waals surface area contributed by atoms with E-state index in [1.54, 1.807) is 7.11 Å². The number of ether oxygens (including phenoxy) is 2. The van der Waals surface area contributed by atoms with Crippen LogP contribution in [0.15, 0.2) is 77.7 Å². The standard InChI is InChI=1S/C30H32O3S/c1-3-4-5-6-7-8-23-33-28-17-13-25(14-18-28)10-9-24-11-15-26(16-12-24)30(31)34-29-21-19-27(32-2)20-22-29/h11-22H,3-8,23H2,1-2H3. The predicted molar refractivity (Wildman–Crippen MR) is 141 cm³/mol. The first-order valence-corrected chi connectivity index (χ1v) is 12.7. The van der Waals surface area contributed by atoms with Gasteiger partial charge in [0.05, 0.1) is 13.7 Å². The van der Waals surface area contributed by atoms with E-state index in [9.17, 15) is 4.79 Å². The third-order valence-corrected chi connectivity index (χ3v) is 6.29. The second-order valence-electron chi connectivity index (χ2n) is 8.03. The second-order valence-corrected chi connectivity index (χ2v) is 9.08. The lowest BCUT2D eigenvalue weighted by molar-refractivity contribution is 0.108. The maximum absolute atomic E-state index is 12.5. The van der Waals surface area contributed by atoms with Crippen molar-refractivity contribution in [2.24, 2.45) is 0 Å². The van der Waals surface area contributed by atoms with Crippen molar-refractivity contribution in [2.45, 2.75) is 50.3 Å². The summed E-state index contributed by atoms with van der Waals surface area (Å²) >= 11 is 1.20. The van der Waals surface area contributed by atoms with E-state index in [1.165, 1.54) is 43.9 Å². The zero-order valence-electron chi connectivity index (χ0n) is 20.0. The molecule has 3 aromatic carbocycles. The molecule has 0 heterocycles. The summed E-state index contributed by atoms with van der Waals surface area (Å²) in [5.41, 5.74) is 2.45. The molecule has 0 aliphatic rings. The highest BCUT2D eigenvalue weighted by molar-refractivity contribution is 8.14. The number of hydrogen-bond donors (Lipinski definition) is 0. The minimum absolute atomic E-state index is 0.00113. The molecule has 0 saturated heterocycles. The molecule has 3 aromatic rings. The van der Waals surface area contributed by atoms with Crippen molar-refractivity contribution in [1.82, 2.24) is 0 Å². The van der Waals surface area contributed by atoms with Crippen LogP contribution in [0, 0.1) is 11.8 Å².